The van der Waals surface area contributed by atoms with E-state index in [1.165, 1.54) is 17.1 Å². The molecule has 1 amide bonds. The van der Waals surface area contributed by atoms with E-state index in [-0.39, 0.29) is 11.6 Å². The molecule has 7 nitrogen and oxygen atoms in total. The second kappa shape index (κ2) is 8.62. The number of non-ortho nitro benzene ring substituents is 1. The molecule has 0 N–H and O–H groups in total. The normalized spacial score (nSPS) is 14.6. The number of hydrogen-bond donors (Lipinski definition) is 0. The number of hydrazone groups is 1. The summed E-state index contributed by atoms with van der Waals surface area (Å²) in [5, 5.41) is 16.5. The van der Waals surface area contributed by atoms with Crippen molar-refractivity contribution >= 4 is 29.1 Å². The van der Waals surface area contributed by atoms with Gasteiger partial charge in [-0.05, 0) is 60.5 Å². The Bertz CT molecular complexity index is 1170. The largest absolute Gasteiger partial charge is 0.489 e. The van der Waals surface area contributed by atoms with Crippen LogP contribution in [0.2, 0.25) is 0 Å². The smallest absolute Gasteiger partial charge is 0.280 e. The summed E-state index contributed by atoms with van der Waals surface area (Å²) in [6.07, 6.45) is 1.81. The molecule has 0 radical (unpaired) electrons. The van der Waals surface area contributed by atoms with Crippen molar-refractivity contribution in [1.82, 2.24) is 0 Å². The number of ether oxygens (including phenoxy) is 1. The van der Waals surface area contributed by atoms with Gasteiger partial charge >= 0.3 is 0 Å². The first-order chi connectivity index (χ1) is 15.0. The zero-order valence-electron chi connectivity index (χ0n) is 16.8. The molecular formula is C24H19N3O4. The minimum absolute atomic E-state index is 0.0484. The molecule has 0 fully saturated rings. The molecule has 0 unspecified atom stereocenters. The van der Waals surface area contributed by atoms with Crippen molar-refractivity contribution in [3.05, 3.63) is 106 Å². The van der Waals surface area contributed by atoms with Crippen LogP contribution in [0.25, 0.3) is 6.08 Å². The molecule has 1 heterocycles. The third-order valence-corrected chi connectivity index (χ3v) is 4.81. The highest BCUT2D eigenvalue weighted by atomic mass is 16.6. The number of anilines is 1. The highest BCUT2D eigenvalue weighted by molar-refractivity contribution is 6.32. The number of benzene rings is 3. The molecule has 0 saturated heterocycles. The monoisotopic (exact) mass is 413 g/mol. The van der Waals surface area contributed by atoms with Crippen molar-refractivity contribution in [2.24, 2.45) is 5.10 Å². The van der Waals surface area contributed by atoms with E-state index in [9.17, 15) is 14.9 Å². The van der Waals surface area contributed by atoms with Crippen molar-refractivity contribution in [2.75, 3.05) is 5.01 Å². The number of para-hydroxylation sites is 1. The van der Waals surface area contributed by atoms with Crippen molar-refractivity contribution in [1.29, 1.82) is 0 Å². The van der Waals surface area contributed by atoms with E-state index in [0.29, 0.717) is 23.6 Å². The molecule has 0 saturated carbocycles. The Balaban J connectivity index is 1.42. The average molecular weight is 413 g/mol. The molecule has 7 heteroatoms. The van der Waals surface area contributed by atoms with E-state index in [2.05, 4.69) is 5.10 Å². The fraction of sp³-hybridized carbons (Fsp3) is 0.0833. The van der Waals surface area contributed by atoms with Crippen LogP contribution in [0.5, 0.6) is 5.75 Å². The SMILES string of the molecule is CC1=NN(c2ccccc2)C(=O)/C1=C/c1ccc(OCc2ccc([N+](=O)[O-])cc2)cc1. The van der Waals surface area contributed by atoms with Gasteiger partial charge in [-0.2, -0.15) is 10.1 Å². The van der Waals surface area contributed by atoms with Gasteiger partial charge in [0.1, 0.15) is 12.4 Å². The van der Waals surface area contributed by atoms with Crippen LogP contribution < -0.4 is 9.75 Å². The van der Waals surface area contributed by atoms with E-state index in [1.807, 2.05) is 67.6 Å². The van der Waals surface area contributed by atoms with Crippen LogP contribution in [0.3, 0.4) is 0 Å². The predicted molar refractivity (Wildman–Crippen MR) is 119 cm³/mol. The van der Waals surface area contributed by atoms with Gasteiger partial charge in [-0.1, -0.05) is 30.3 Å². The fourth-order valence-corrected chi connectivity index (χ4v) is 3.14. The van der Waals surface area contributed by atoms with Crippen molar-refractivity contribution < 1.29 is 14.5 Å². The number of nitrogens with zero attached hydrogens (tertiary/aromatic N) is 3. The summed E-state index contributed by atoms with van der Waals surface area (Å²) < 4.78 is 5.75. The van der Waals surface area contributed by atoms with Gasteiger partial charge in [-0.25, -0.2) is 0 Å². The maximum Gasteiger partial charge on any atom is 0.280 e. The summed E-state index contributed by atoms with van der Waals surface area (Å²) in [5.41, 5.74) is 3.67. The molecule has 1 aliphatic heterocycles. The lowest BCUT2D eigenvalue weighted by Gasteiger charge is -2.11. The van der Waals surface area contributed by atoms with Crippen molar-refractivity contribution in [3.8, 4) is 5.75 Å². The zero-order valence-corrected chi connectivity index (χ0v) is 16.8. The van der Waals surface area contributed by atoms with Gasteiger partial charge in [0.2, 0.25) is 0 Å². The van der Waals surface area contributed by atoms with Crippen LogP contribution in [0.4, 0.5) is 11.4 Å². The van der Waals surface area contributed by atoms with Crippen LogP contribution >= 0.6 is 0 Å². The molecule has 3 aromatic carbocycles. The van der Waals surface area contributed by atoms with Crippen LogP contribution in [0.15, 0.2) is 89.5 Å². The van der Waals surface area contributed by atoms with Crippen LogP contribution in [0, 0.1) is 10.1 Å². The molecule has 3 aromatic rings. The van der Waals surface area contributed by atoms with E-state index in [0.717, 1.165) is 16.8 Å². The Hall–Kier alpha value is -4.26. The Kier molecular flexibility index (Phi) is 5.57. The number of carbonyl (C=O) groups is 1. The third kappa shape index (κ3) is 4.51. The summed E-state index contributed by atoms with van der Waals surface area (Å²) in [6.45, 7) is 2.11. The summed E-state index contributed by atoms with van der Waals surface area (Å²) in [4.78, 5) is 23.1. The number of hydrogen-bond acceptors (Lipinski definition) is 5. The Morgan fingerprint density at radius 3 is 2.32 bits per heavy atom. The molecule has 154 valence electrons. The van der Waals surface area contributed by atoms with Gasteiger partial charge < -0.3 is 4.74 Å². The maximum atomic E-state index is 12.8. The first-order valence-corrected chi connectivity index (χ1v) is 9.64. The second-order valence-corrected chi connectivity index (χ2v) is 6.98. The topological polar surface area (TPSA) is 85.0 Å². The molecule has 0 aromatic heterocycles. The lowest BCUT2D eigenvalue weighted by Crippen LogP contribution is -2.21. The zero-order chi connectivity index (χ0) is 21.8. The van der Waals surface area contributed by atoms with Gasteiger partial charge in [0.05, 0.1) is 21.9 Å². The summed E-state index contributed by atoms with van der Waals surface area (Å²) in [6, 6.07) is 22.9. The van der Waals surface area contributed by atoms with E-state index < -0.39 is 4.92 Å². The Morgan fingerprint density at radius 1 is 1.00 bits per heavy atom. The van der Waals surface area contributed by atoms with Crippen LogP contribution in [-0.2, 0) is 11.4 Å². The highest BCUT2D eigenvalue weighted by Gasteiger charge is 2.28. The third-order valence-electron chi connectivity index (χ3n) is 4.81. The van der Waals surface area contributed by atoms with Gasteiger partial charge in [0.25, 0.3) is 11.6 Å². The molecule has 0 bridgehead atoms. The lowest BCUT2D eigenvalue weighted by atomic mass is 10.1. The Morgan fingerprint density at radius 2 is 1.68 bits per heavy atom. The summed E-state index contributed by atoms with van der Waals surface area (Å²) in [5.74, 6) is 0.497. The molecule has 0 atom stereocenters. The van der Waals surface area contributed by atoms with Gasteiger partial charge in [-0.3, -0.25) is 14.9 Å². The molecule has 31 heavy (non-hydrogen) atoms. The van der Waals surface area contributed by atoms with Crippen molar-refractivity contribution in [2.45, 2.75) is 13.5 Å². The molecule has 1 aliphatic rings. The summed E-state index contributed by atoms with van der Waals surface area (Å²) in [7, 11) is 0. The second-order valence-electron chi connectivity index (χ2n) is 6.98. The van der Waals surface area contributed by atoms with Crippen LogP contribution in [-0.4, -0.2) is 16.5 Å². The minimum Gasteiger partial charge on any atom is -0.489 e. The molecule has 0 aliphatic carbocycles. The lowest BCUT2D eigenvalue weighted by molar-refractivity contribution is -0.384. The first kappa shape index (κ1) is 20.0. The first-order valence-electron chi connectivity index (χ1n) is 9.64. The number of nitro benzene ring substituents is 1. The molecule has 4 rings (SSSR count). The number of rotatable bonds is 6. The fourth-order valence-electron chi connectivity index (χ4n) is 3.14. The minimum atomic E-state index is -0.432. The quantitative estimate of drug-likeness (QED) is 0.324. The van der Waals surface area contributed by atoms with Crippen molar-refractivity contribution in [3.63, 3.8) is 0 Å². The van der Waals surface area contributed by atoms with E-state index in [4.69, 9.17) is 4.74 Å². The van der Waals surface area contributed by atoms with Gasteiger partial charge in [0, 0.05) is 12.1 Å². The number of nitro groups is 1. The van der Waals surface area contributed by atoms with Crippen LogP contribution in [0.1, 0.15) is 18.1 Å². The number of carbonyl (C=O) groups excluding carboxylic acids is 1. The average Bonchev–Trinajstić information content (AvgIpc) is 3.08. The van der Waals surface area contributed by atoms with Gasteiger partial charge in [-0.15, -0.1) is 0 Å². The molecule has 0 spiro atoms. The highest BCUT2D eigenvalue weighted by Crippen LogP contribution is 2.25. The van der Waals surface area contributed by atoms with E-state index in [1.54, 1.807) is 12.1 Å². The predicted octanol–water partition coefficient (Wildman–Crippen LogP) is 4.98. The van der Waals surface area contributed by atoms with Gasteiger partial charge in [0.15, 0.2) is 0 Å². The Labute approximate surface area is 179 Å². The number of amides is 1. The summed E-state index contributed by atoms with van der Waals surface area (Å²) >= 11 is 0. The standard InChI is InChI=1S/C24H19N3O4/c1-17-23(24(28)26(25-17)20-5-3-2-4-6-20)15-18-9-13-22(14-10-18)31-16-19-7-11-21(12-8-19)27(29)30/h2-15H,16H2,1H3/b23-15+. The van der Waals surface area contributed by atoms with E-state index >= 15 is 0 Å². The maximum absolute atomic E-state index is 12.8. The molecular weight excluding hydrogens is 394 g/mol.